The highest BCUT2D eigenvalue weighted by molar-refractivity contribution is 5.72. The van der Waals surface area contributed by atoms with Gasteiger partial charge in [-0.25, -0.2) is 4.79 Å². The van der Waals surface area contributed by atoms with Crippen molar-refractivity contribution in [1.82, 2.24) is 0 Å². The lowest BCUT2D eigenvalue weighted by atomic mass is 10.1. The van der Waals surface area contributed by atoms with Gasteiger partial charge in [0.1, 0.15) is 6.61 Å². The third-order valence-corrected chi connectivity index (χ3v) is 9.78. The molecule has 0 fully saturated rings. The van der Waals surface area contributed by atoms with Gasteiger partial charge in [-0.3, -0.25) is 9.59 Å². The quantitative estimate of drug-likeness (QED) is 0.0284. The number of aliphatic carboxylic acids is 1. The Labute approximate surface area is 361 Å². The van der Waals surface area contributed by atoms with Crippen LogP contribution in [-0.2, 0) is 28.6 Å². The average molecular weight is 825 g/mol. The van der Waals surface area contributed by atoms with Crippen LogP contribution in [0.1, 0.15) is 168 Å². The Hall–Kier alpha value is -3.49. The molecule has 0 aliphatic carbocycles. The minimum Gasteiger partial charge on any atom is -0.477 e. The van der Waals surface area contributed by atoms with Gasteiger partial charge in [0.2, 0.25) is 0 Å². The number of ether oxygens (including phenoxy) is 3. The summed E-state index contributed by atoms with van der Waals surface area (Å²) in [5, 5.41) is 9.63. The van der Waals surface area contributed by atoms with Gasteiger partial charge in [-0.15, -0.1) is 0 Å². The van der Waals surface area contributed by atoms with Gasteiger partial charge in [-0.1, -0.05) is 144 Å². The molecule has 0 aromatic carbocycles. The number of esters is 2. The molecular weight excluding hydrogens is 739 g/mol. The predicted octanol–water partition coefficient (Wildman–Crippen LogP) is 12.9. The first-order valence-corrected chi connectivity index (χ1v) is 23.1. The molecule has 1 N–H and O–H groups in total. The van der Waals surface area contributed by atoms with Crippen LogP contribution in [-0.4, -0.2) is 80.6 Å². The first kappa shape index (κ1) is 55.5. The van der Waals surface area contributed by atoms with Crippen LogP contribution in [0.25, 0.3) is 0 Å². The molecule has 0 amide bonds. The Balaban J connectivity index is 4.43. The van der Waals surface area contributed by atoms with E-state index in [1.807, 2.05) is 21.1 Å². The number of carbonyl (C=O) groups excluding carboxylic acids is 2. The van der Waals surface area contributed by atoms with E-state index >= 15 is 0 Å². The van der Waals surface area contributed by atoms with Gasteiger partial charge in [0.05, 0.1) is 34.4 Å². The van der Waals surface area contributed by atoms with Crippen molar-refractivity contribution in [3.05, 3.63) is 85.1 Å². The standard InChI is InChI=1S/C51H85NO7/c1-6-8-10-12-14-16-18-20-22-23-24-25-26-27-28-30-32-34-36-38-40-42-50(54)59-47(45-57-44-43-48(51(55)56)52(3,4)5)46-58-49(53)41-39-37-35-33-31-29-21-19-17-15-13-11-9-7-2/h9,11,14-17,20,22,24-25,27-28,32,34,47-48H,6-8,10,12-13,18-19,21,23,26,29-31,33,35-46H2,1-5H3/p+1/b11-9+,16-14+,17-15+,22-20+,25-24+,28-27+,34-32+. The number of carbonyl (C=O) groups is 3. The molecule has 0 rings (SSSR count). The van der Waals surface area contributed by atoms with Crippen molar-refractivity contribution < 1.29 is 38.2 Å². The summed E-state index contributed by atoms with van der Waals surface area (Å²) in [7, 11) is 5.50. The van der Waals surface area contributed by atoms with Crippen LogP contribution < -0.4 is 0 Å². The summed E-state index contributed by atoms with van der Waals surface area (Å²) in [6.07, 6.45) is 53.4. The first-order chi connectivity index (χ1) is 28.6. The lowest BCUT2D eigenvalue weighted by Crippen LogP contribution is -2.50. The number of quaternary nitrogens is 1. The van der Waals surface area contributed by atoms with E-state index in [1.54, 1.807) is 0 Å². The Morgan fingerprint density at radius 1 is 0.525 bits per heavy atom. The van der Waals surface area contributed by atoms with E-state index in [2.05, 4.69) is 98.9 Å². The van der Waals surface area contributed by atoms with Gasteiger partial charge >= 0.3 is 17.9 Å². The molecule has 0 saturated carbocycles. The zero-order valence-electron chi connectivity index (χ0n) is 38.2. The van der Waals surface area contributed by atoms with Gasteiger partial charge in [0.15, 0.2) is 12.1 Å². The van der Waals surface area contributed by atoms with Crippen molar-refractivity contribution in [2.75, 3.05) is 41.0 Å². The van der Waals surface area contributed by atoms with Crippen LogP contribution in [0, 0.1) is 0 Å². The van der Waals surface area contributed by atoms with Crippen LogP contribution >= 0.6 is 0 Å². The molecule has 2 unspecified atom stereocenters. The maximum Gasteiger partial charge on any atom is 0.362 e. The molecule has 0 saturated heterocycles. The van der Waals surface area contributed by atoms with E-state index in [-0.39, 0.29) is 42.7 Å². The van der Waals surface area contributed by atoms with Crippen LogP contribution in [0.2, 0.25) is 0 Å². The Morgan fingerprint density at radius 3 is 1.44 bits per heavy atom. The summed E-state index contributed by atoms with van der Waals surface area (Å²) in [5.74, 6) is -1.54. The third kappa shape index (κ3) is 39.7. The lowest BCUT2D eigenvalue weighted by Gasteiger charge is -2.31. The van der Waals surface area contributed by atoms with E-state index in [0.29, 0.717) is 19.3 Å². The number of unbranched alkanes of at least 4 members (excludes halogenated alkanes) is 12. The van der Waals surface area contributed by atoms with Gasteiger partial charge in [-0.2, -0.15) is 0 Å². The zero-order chi connectivity index (χ0) is 43.5. The van der Waals surface area contributed by atoms with Crippen LogP contribution in [0.4, 0.5) is 0 Å². The fraction of sp³-hybridized carbons (Fsp3) is 0.667. The number of allylic oxidation sites excluding steroid dienone is 14. The summed E-state index contributed by atoms with van der Waals surface area (Å²) in [6, 6.07) is -0.628. The van der Waals surface area contributed by atoms with Crippen molar-refractivity contribution in [3.8, 4) is 0 Å². The highest BCUT2D eigenvalue weighted by Gasteiger charge is 2.31. The summed E-state index contributed by atoms with van der Waals surface area (Å²) in [4.78, 5) is 37.0. The number of carboxylic acids is 1. The van der Waals surface area contributed by atoms with E-state index in [9.17, 15) is 19.5 Å². The molecule has 0 radical (unpaired) electrons. The smallest absolute Gasteiger partial charge is 0.362 e. The van der Waals surface area contributed by atoms with E-state index in [0.717, 1.165) is 77.0 Å². The molecule has 336 valence electrons. The first-order valence-electron chi connectivity index (χ1n) is 23.1. The van der Waals surface area contributed by atoms with E-state index in [1.165, 1.54) is 51.4 Å². The number of nitrogens with zero attached hydrogens (tertiary/aromatic N) is 1. The number of carboxylic acid groups (broad SMARTS) is 1. The highest BCUT2D eigenvalue weighted by Crippen LogP contribution is 2.13. The molecule has 0 bridgehead atoms. The number of likely N-dealkylation sites (N-methyl/N-ethyl adjacent to an activating group) is 1. The van der Waals surface area contributed by atoms with Crippen molar-refractivity contribution in [1.29, 1.82) is 0 Å². The molecule has 0 aliphatic heterocycles. The monoisotopic (exact) mass is 825 g/mol. The summed E-state index contributed by atoms with van der Waals surface area (Å²) < 4.78 is 17.2. The van der Waals surface area contributed by atoms with Gasteiger partial charge in [-0.05, 0) is 89.9 Å². The molecule has 2 atom stereocenters. The minimum absolute atomic E-state index is 0.0361. The minimum atomic E-state index is -0.887. The van der Waals surface area contributed by atoms with Gasteiger partial charge in [0, 0.05) is 19.3 Å². The summed E-state index contributed by atoms with van der Waals surface area (Å²) in [5.41, 5.74) is 0. The molecule has 0 aromatic heterocycles. The Kier molecular flexibility index (Phi) is 38.8. The third-order valence-electron chi connectivity index (χ3n) is 9.78. The molecule has 0 aromatic rings. The summed E-state index contributed by atoms with van der Waals surface area (Å²) >= 11 is 0. The molecule has 8 nitrogen and oxygen atoms in total. The van der Waals surface area contributed by atoms with E-state index in [4.69, 9.17) is 14.2 Å². The van der Waals surface area contributed by atoms with Crippen LogP contribution in [0.3, 0.4) is 0 Å². The maximum absolute atomic E-state index is 12.7. The lowest BCUT2D eigenvalue weighted by molar-refractivity contribution is -0.887. The summed E-state index contributed by atoms with van der Waals surface area (Å²) in [6.45, 7) is 4.53. The SMILES string of the molecule is CC/C=C/C/C=C/CCCCCCCCCC(=O)OCC(COCCC(C(=O)O)[N+](C)(C)C)OC(=O)CCCC/C=C/C/C=C/C/C=C/C/C=C/C/C=C/CCCCC. The largest absolute Gasteiger partial charge is 0.477 e. The maximum atomic E-state index is 12.7. The molecule has 0 heterocycles. The van der Waals surface area contributed by atoms with Crippen molar-refractivity contribution in [3.63, 3.8) is 0 Å². The van der Waals surface area contributed by atoms with Crippen molar-refractivity contribution in [2.45, 2.75) is 180 Å². The zero-order valence-corrected chi connectivity index (χ0v) is 38.2. The number of hydrogen-bond donors (Lipinski definition) is 1. The number of rotatable bonds is 40. The predicted molar refractivity (Wildman–Crippen MR) is 247 cm³/mol. The highest BCUT2D eigenvalue weighted by atomic mass is 16.6. The second-order valence-electron chi connectivity index (χ2n) is 16.3. The van der Waals surface area contributed by atoms with Gasteiger partial charge < -0.3 is 23.8 Å². The normalized spacial score (nSPS) is 13.7. The van der Waals surface area contributed by atoms with Crippen molar-refractivity contribution >= 4 is 17.9 Å². The fourth-order valence-electron chi connectivity index (χ4n) is 6.21. The molecule has 0 aliphatic rings. The molecule has 8 heteroatoms. The van der Waals surface area contributed by atoms with Gasteiger partial charge in [0.25, 0.3) is 0 Å². The average Bonchev–Trinajstić information content (AvgIpc) is 3.19. The second-order valence-corrected chi connectivity index (χ2v) is 16.3. The van der Waals surface area contributed by atoms with Crippen LogP contribution in [0.15, 0.2) is 85.1 Å². The van der Waals surface area contributed by atoms with E-state index < -0.39 is 18.1 Å². The number of hydrogen-bond acceptors (Lipinski definition) is 6. The molecule has 59 heavy (non-hydrogen) atoms. The Bertz CT molecular complexity index is 1240. The molecular formula is C51H86NO7+. The Morgan fingerprint density at radius 2 is 0.949 bits per heavy atom. The van der Waals surface area contributed by atoms with Crippen LogP contribution in [0.5, 0.6) is 0 Å². The second kappa shape index (κ2) is 41.3. The molecule has 0 spiro atoms. The van der Waals surface area contributed by atoms with Crippen molar-refractivity contribution in [2.24, 2.45) is 0 Å². The topological polar surface area (TPSA) is 99.1 Å². The fourth-order valence-corrected chi connectivity index (χ4v) is 6.21.